The Morgan fingerprint density at radius 2 is 1.90 bits per heavy atom. The number of carbonyl (C=O) groups is 1. The number of rotatable bonds is 4. The molecule has 2 rings (SSSR count). The number of carbonyl (C=O) groups excluding carboxylic acids is 1. The predicted octanol–water partition coefficient (Wildman–Crippen LogP) is -0.721. The first-order chi connectivity index (χ1) is 10.0. The topological polar surface area (TPSA) is 108 Å². The van der Waals surface area contributed by atoms with Crippen LogP contribution in [0, 0.1) is 0 Å². The monoisotopic (exact) mass is 303 g/mol. The average molecular weight is 303 g/mol. The summed E-state index contributed by atoms with van der Waals surface area (Å²) in [6, 6.07) is -0.845. The largest absolute Gasteiger partial charge is 0.394 e. The molecule has 0 aromatic rings. The molecule has 1 saturated carbocycles. The molecule has 0 radical (unpaired) electrons. The van der Waals surface area contributed by atoms with E-state index in [2.05, 4.69) is 5.32 Å². The second kappa shape index (κ2) is 7.51. The molecule has 122 valence electrons. The van der Waals surface area contributed by atoms with Crippen LogP contribution in [0.2, 0.25) is 0 Å². The molecule has 0 spiro atoms. The summed E-state index contributed by atoms with van der Waals surface area (Å²) in [7, 11) is 0. The number of hydrogen-bond acceptors (Lipinski definition) is 6. The Kier molecular flexibility index (Phi) is 5.95. The maximum Gasteiger partial charge on any atom is 0.217 e. The van der Waals surface area contributed by atoms with Gasteiger partial charge in [0.1, 0.15) is 24.4 Å². The van der Waals surface area contributed by atoms with Crippen LogP contribution in [0.3, 0.4) is 0 Å². The highest BCUT2D eigenvalue weighted by Gasteiger charge is 2.46. The van der Waals surface area contributed by atoms with E-state index in [0.717, 1.165) is 25.7 Å². The Morgan fingerprint density at radius 3 is 2.48 bits per heavy atom. The highest BCUT2D eigenvalue weighted by atomic mass is 16.7. The molecule has 0 unspecified atom stereocenters. The minimum Gasteiger partial charge on any atom is -0.394 e. The molecule has 0 aromatic heterocycles. The van der Waals surface area contributed by atoms with Crippen LogP contribution in [-0.4, -0.2) is 64.6 Å². The number of aliphatic hydroxyl groups excluding tert-OH is 3. The fourth-order valence-corrected chi connectivity index (χ4v) is 2.98. The van der Waals surface area contributed by atoms with Crippen molar-refractivity contribution in [1.82, 2.24) is 5.32 Å². The minimum atomic E-state index is -1.27. The quantitative estimate of drug-likeness (QED) is 0.546. The van der Waals surface area contributed by atoms with Gasteiger partial charge in [-0.25, -0.2) is 0 Å². The molecular formula is C14H25NO6. The van der Waals surface area contributed by atoms with Gasteiger partial charge in [0, 0.05) is 6.92 Å². The number of ether oxygens (including phenoxy) is 2. The smallest absolute Gasteiger partial charge is 0.217 e. The summed E-state index contributed by atoms with van der Waals surface area (Å²) in [6.07, 6.45) is 0.887. The SMILES string of the molecule is CC(=O)N[C@@H]1[C@@H](OC2CCCCC2)O[C@@H](CO)[C@H](O)[C@@H]1O. The van der Waals surface area contributed by atoms with E-state index in [1.807, 2.05) is 0 Å². The molecule has 0 bridgehead atoms. The Balaban J connectivity index is 2.06. The van der Waals surface area contributed by atoms with Crippen molar-refractivity contribution >= 4 is 5.91 Å². The van der Waals surface area contributed by atoms with Crippen molar-refractivity contribution in [3.05, 3.63) is 0 Å². The van der Waals surface area contributed by atoms with E-state index in [4.69, 9.17) is 9.47 Å². The third-order valence-corrected chi connectivity index (χ3v) is 4.13. The van der Waals surface area contributed by atoms with Gasteiger partial charge in [0.2, 0.25) is 5.91 Å². The minimum absolute atomic E-state index is 0.0155. The zero-order valence-corrected chi connectivity index (χ0v) is 12.3. The van der Waals surface area contributed by atoms with Gasteiger partial charge in [0.25, 0.3) is 0 Å². The van der Waals surface area contributed by atoms with Crippen LogP contribution >= 0.6 is 0 Å². The van der Waals surface area contributed by atoms with Crippen molar-refractivity contribution in [2.45, 2.75) is 75.8 Å². The van der Waals surface area contributed by atoms with E-state index in [1.165, 1.54) is 13.3 Å². The summed E-state index contributed by atoms with van der Waals surface area (Å²) in [6.45, 7) is 0.907. The van der Waals surface area contributed by atoms with Gasteiger partial charge in [-0.1, -0.05) is 19.3 Å². The molecular weight excluding hydrogens is 278 g/mol. The summed E-state index contributed by atoms with van der Waals surface area (Å²) >= 11 is 0. The molecule has 4 N–H and O–H groups in total. The molecule has 21 heavy (non-hydrogen) atoms. The highest BCUT2D eigenvalue weighted by Crippen LogP contribution is 2.27. The van der Waals surface area contributed by atoms with Gasteiger partial charge in [0.15, 0.2) is 6.29 Å². The lowest BCUT2D eigenvalue weighted by Gasteiger charge is -2.43. The first kappa shape index (κ1) is 16.6. The van der Waals surface area contributed by atoms with Gasteiger partial charge in [-0.15, -0.1) is 0 Å². The number of hydrogen-bond donors (Lipinski definition) is 4. The van der Waals surface area contributed by atoms with Crippen LogP contribution in [0.1, 0.15) is 39.0 Å². The Bertz CT molecular complexity index is 346. The van der Waals surface area contributed by atoms with E-state index in [-0.39, 0.29) is 12.0 Å². The summed E-state index contributed by atoms with van der Waals surface area (Å²) in [5.41, 5.74) is 0. The molecule has 0 aromatic carbocycles. The summed E-state index contributed by atoms with van der Waals surface area (Å²) in [5.74, 6) is -0.338. The van der Waals surface area contributed by atoms with Crippen molar-refractivity contribution in [2.75, 3.05) is 6.61 Å². The normalized spacial score (nSPS) is 38.2. The molecule has 1 heterocycles. The van der Waals surface area contributed by atoms with Crippen molar-refractivity contribution in [3.63, 3.8) is 0 Å². The van der Waals surface area contributed by atoms with Crippen molar-refractivity contribution in [1.29, 1.82) is 0 Å². The van der Waals surface area contributed by atoms with E-state index < -0.39 is 37.3 Å². The fourth-order valence-electron chi connectivity index (χ4n) is 2.98. The van der Waals surface area contributed by atoms with Gasteiger partial charge in [-0.3, -0.25) is 4.79 Å². The molecule has 1 aliphatic heterocycles. The molecule has 2 fully saturated rings. The van der Waals surface area contributed by atoms with Crippen LogP contribution in [0.5, 0.6) is 0 Å². The van der Waals surface area contributed by atoms with E-state index >= 15 is 0 Å². The number of amides is 1. The predicted molar refractivity (Wildman–Crippen MR) is 73.3 cm³/mol. The van der Waals surface area contributed by atoms with Crippen LogP contribution in [0.25, 0.3) is 0 Å². The summed E-state index contributed by atoms with van der Waals surface area (Å²) in [4.78, 5) is 11.3. The molecule has 7 heteroatoms. The summed E-state index contributed by atoms with van der Waals surface area (Å²) in [5, 5.41) is 31.9. The maximum absolute atomic E-state index is 11.3. The zero-order chi connectivity index (χ0) is 15.4. The Hall–Kier alpha value is -0.730. The van der Waals surface area contributed by atoms with E-state index in [9.17, 15) is 20.1 Å². The highest BCUT2D eigenvalue weighted by molar-refractivity contribution is 5.73. The van der Waals surface area contributed by atoms with Gasteiger partial charge in [0.05, 0.1) is 12.7 Å². The molecule has 5 atom stereocenters. The standard InChI is InChI=1S/C14H25NO6/c1-8(17)15-11-13(19)12(18)10(7-16)21-14(11)20-9-5-3-2-4-6-9/h9-14,16,18-19H,2-7H2,1H3,(H,15,17)/t10-,11-,12-,13+,14-/m0/s1. The molecule has 1 aliphatic carbocycles. The van der Waals surface area contributed by atoms with Crippen LogP contribution in [0.4, 0.5) is 0 Å². The van der Waals surface area contributed by atoms with E-state index in [1.54, 1.807) is 0 Å². The van der Waals surface area contributed by atoms with Crippen molar-refractivity contribution in [3.8, 4) is 0 Å². The van der Waals surface area contributed by atoms with Gasteiger partial charge in [-0.05, 0) is 12.8 Å². The Labute approximate surface area is 124 Å². The summed E-state index contributed by atoms with van der Waals surface area (Å²) < 4.78 is 11.4. The third kappa shape index (κ3) is 4.14. The lowest BCUT2D eigenvalue weighted by atomic mass is 9.95. The first-order valence-electron chi connectivity index (χ1n) is 7.58. The molecule has 1 amide bonds. The molecule has 7 nitrogen and oxygen atoms in total. The van der Waals surface area contributed by atoms with Crippen molar-refractivity contribution < 1.29 is 29.6 Å². The third-order valence-electron chi connectivity index (χ3n) is 4.13. The zero-order valence-electron chi connectivity index (χ0n) is 12.3. The fraction of sp³-hybridized carbons (Fsp3) is 0.929. The number of nitrogens with one attached hydrogen (secondary N) is 1. The first-order valence-corrected chi connectivity index (χ1v) is 7.58. The molecule has 2 aliphatic rings. The van der Waals surface area contributed by atoms with Gasteiger partial charge >= 0.3 is 0 Å². The van der Waals surface area contributed by atoms with Crippen LogP contribution < -0.4 is 5.32 Å². The second-order valence-corrected chi connectivity index (χ2v) is 5.83. The van der Waals surface area contributed by atoms with E-state index in [0.29, 0.717) is 0 Å². The van der Waals surface area contributed by atoms with Crippen LogP contribution in [-0.2, 0) is 14.3 Å². The second-order valence-electron chi connectivity index (χ2n) is 5.83. The van der Waals surface area contributed by atoms with Crippen LogP contribution in [0.15, 0.2) is 0 Å². The lowest BCUT2D eigenvalue weighted by molar-refractivity contribution is -0.283. The lowest BCUT2D eigenvalue weighted by Crippen LogP contribution is -2.65. The number of aliphatic hydroxyl groups is 3. The van der Waals surface area contributed by atoms with Gasteiger partial charge in [-0.2, -0.15) is 0 Å². The van der Waals surface area contributed by atoms with Crippen molar-refractivity contribution in [2.24, 2.45) is 0 Å². The average Bonchev–Trinajstić information content (AvgIpc) is 2.47. The molecule has 1 saturated heterocycles. The maximum atomic E-state index is 11.3. The van der Waals surface area contributed by atoms with Gasteiger partial charge < -0.3 is 30.1 Å². The Morgan fingerprint density at radius 1 is 1.24 bits per heavy atom.